The minimum absolute atomic E-state index is 0.265. The van der Waals surface area contributed by atoms with Crippen LogP contribution in [0.4, 0.5) is 11.6 Å². The number of nitrogens with zero attached hydrogens (tertiary/aromatic N) is 2. The first-order valence-corrected chi connectivity index (χ1v) is 9.44. The lowest BCUT2D eigenvalue weighted by Gasteiger charge is -2.14. The van der Waals surface area contributed by atoms with Crippen LogP contribution in [0.15, 0.2) is 66.7 Å². The standard InChI is InChI=1S/C22H24N4O/c1-3-8-17(9-4-1)15-23-20-14-21(24-16-19-12-7-13-27-19)26-22(25-20)18-10-5-2-6-11-18/h1-6,8-11,14,19H,7,12-13,15-16H2,(H2,23,24,25,26). The fourth-order valence-corrected chi connectivity index (χ4v) is 3.16. The van der Waals surface area contributed by atoms with Crippen LogP contribution in [0.5, 0.6) is 0 Å². The number of anilines is 2. The molecule has 1 aliphatic heterocycles. The first-order valence-electron chi connectivity index (χ1n) is 9.44. The van der Waals surface area contributed by atoms with Crippen LogP contribution in [-0.2, 0) is 11.3 Å². The van der Waals surface area contributed by atoms with Crippen molar-refractivity contribution in [2.75, 3.05) is 23.8 Å². The Bertz CT molecular complexity index is 849. The molecule has 1 fully saturated rings. The van der Waals surface area contributed by atoms with E-state index in [0.29, 0.717) is 5.82 Å². The minimum Gasteiger partial charge on any atom is -0.376 e. The van der Waals surface area contributed by atoms with Gasteiger partial charge >= 0.3 is 0 Å². The Balaban J connectivity index is 1.53. The molecule has 2 heterocycles. The van der Waals surface area contributed by atoms with Gasteiger partial charge in [-0.15, -0.1) is 0 Å². The van der Waals surface area contributed by atoms with Gasteiger partial charge in [0.25, 0.3) is 0 Å². The lowest BCUT2D eigenvalue weighted by molar-refractivity contribution is 0.120. The summed E-state index contributed by atoms with van der Waals surface area (Å²) in [6.07, 6.45) is 2.50. The van der Waals surface area contributed by atoms with Gasteiger partial charge in [-0.2, -0.15) is 0 Å². The summed E-state index contributed by atoms with van der Waals surface area (Å²) in [6, 6.07) is 22.3. The summed E-state index contributed by atoms with van der Waals surface area (Å²) in [5.41, 5.74) is 2.22. The highest BCUT2D eigenvalue weighted by molar-refractivity contribution is 5.61. The maximum atomic E-state index is 5.70. The number of hydrogen-bond donors (Lipinski definition) is 2. The second kappa shape index (κ2) is 8.64. The van der Waals surface area contributed by atoms with E-state index in [4.69, 9.17) is 14.7 Å². The number of aromatic nitrogens is 2. The monoisotopic (exact) mass is 360 g/mol. The molecule has 1 aliphatic rings. The minimum atomic E-state index is 0.265. The molecule has 4 rings (SSSR count). The molecule has 3 aromatic rings. The summed E-state index contributed by atoms with van der Waals surface area (Å²) < 4.78 is 5.70. The predicted octanol–water partition coefficient (Wildman–Crippen LogP) is 4.35. The van der Waals surface area contributed by atoms with E-state index in [1.54, 1.807) is 0 Å². The zero-order valence-electron chi connectivity index (χ0n) is 15.3. The van der Waals surface area contributed by atoms with Crippen LogP contribution in [0.3, 0.4) is 0 Å². The molecule has 2 N–H and O–H groups in total. The normalized spacial score (nSPS) is 16.2. The van der Waals surface area contributed by atoms with Gasteiger partial charge in [0.15, 0.2) is 5.82 Å². The van der Waals surface area contributed by atoms with Gasteiger partial charge in [0.1, 0.15) is 11.6 Å². The molecule has 0 saturated carbocycles. The molecule has 1 saturated heterocycles. The topological polar surface area (TPSA) is 59.1 Å². The molecule has 27 heavy (non-hydrogen) atoms. The molecule has 1 unspecified atom stereocenters. The van der Waals surface area contributed by atoms with E-state index < -0.39 is 0 Å². The predicted molar refractivity (Wildman–Crippen MR) is 109 cm³/mol. The quantitative estimate of drug-likeness (QED) is 0.656. The summed E-state index contributed by atoms with van der Waals surface area (Å²) in [4.78, 5) is 9.41. The summed E-state index contributed by atoms with van der Waals surface area (Å²) in [5, 5.41) is 6.84. The molecule has 1 aromatic heterocycles. The van der Waals surface area contributed by atoms with E-state index >= 15 is 0 Å². The van der Waals surface area contributed by atoms with Crippen LogP contribution in [0.2, 0.25) is 0 Å². The van der Waals surface area contributed by atoms with Crippen molar-refractivity contribution in [3.05, 3.63) is 72.3 Å². The van der Waals surface area contributed by atoms with E-state index in [9.17, 15) is 0 Å². The Morgan fingerprint density at radius 3 is 2.30 bits per heavy atom. The molecule has 0 spiro atoms. The zero-order valence-corrected chi connectivity index (χ0v) is 15.3. The first-order chi connectivity index (χ1) is 13.4. The lowest BCUT2D eigenvalue weighted by atomic mass is 10.2. The average Bonchev–Trinajstić information content (AvgIpc) is 3.26. The number of rotatable bonds is 7. The van der Waals surface area contributed by atoms with Gasteiger partial charge in [-0.25, -0.2) is 9.97 Å². The van der Waals surface area contributed by atoms with Crippen LogP contribution < -0.4 is 10.6 Å². The van der Waals surface area contributed by atoms with E-state index in [-0.39, 0.29) is 6.10 Å². The second-order valence-corrected chi connectivity index (χ2v) is 6.68. The third-order valence-corrected chi connectivity index (χ3v) is 4.61. The molecule has 0 radical (unpaired) electrons. The van der Waals surface area contributed by atoms with Crippen molar-refractivity contribution in [1.29, 1.82) is 0 Å². The fourth-order valence-electron chi connectivity index (χ4n) is 3.16. The Hall–Kier alpha value is -2.92. The number of ether oxygens (including phenoxy) is 1. The number of nitrogens with one attached hydrogen (secondary N) is 2. The maximum Gasteiger partial charge on any atom is 0.163 e. The summed E-state index contributed by atoms with van der Waals surface area (Å²) >= 11 is 0. The molecule has 138 valence electrons. The van der Waals surface area contributed by atoms with E-state index in [1.165, 1.54) is 5.56 Å². The Kier molecular flexibility index (Phi) is 5.60. The summed E-state index contributed by atoms with van der Waals surface area (Å²) in [5.74, 6) is 2.33. The number of benzene rings is 2. The third kappa shape index (κ3) is 4.83. The second-order valence-electron chi connectivity index (χ2n) is 6.68. The number of hydrogen-bond acceptors (Lipinski definition) is 5. The molecule has 2 aromatic carbocycles. The summed E-state index contributed by atoms with van der Waals surface area (Å²) in [7, 11) is 0. The molecule has 1 atom stereocenters. The molecular formula is C22H24N4O. The van der Waals surface area contributed by atoms with E-state index in [0.717, 1.165) is 49.7 Å². The zero-order chi connectivity index (χ0) is 18.3. The molecule has 0 bridgehead atoms. The van der Waals surface area contributed by atoms with Crippen LogP contribution in [0, 0.1) is 0 Å². The van der Waals surface area contributed by atoms with Crippen molar-refractivity contribution in [2.24, 2.45) is 0 Å². The van der Waals surface area contributed by atoms with Crippen LogP contribution >= 0.6 is 0 Å². The van der Waals surface area contributed by atoms with Gasteiger partial charge in [-0.3, -0.25) is 0 Å². The van der Waals surface area contributed by atoms with Gasteiger partial charge in [0.2, 0.25) is 0 Å². The van der Waals surface area contributed by atoms with Gasteiger partial charge < -0.3 is 15.4 Å². The highest BCUT2D eigenvalue weighted by atomic mass is 16.5. The molecular weight excluding hydrogens is 336 g/mol. The van der Waals surface area contributed by atoms with Gasteiger partial charge in [0, 0.05) is 31.3 Å². The molecule has 5 nitrogen and oxygen atoms in total. The van der Waals surface area contributed by atoms with Crippen LogP contribution in [0.25, 0.3) is 11.4 Å². The first kappa shape index (κ1) is 17.5. The van der Waals surface area contributed by atoms with Crippen LogP contribution in [0.1, 0.15) is 18.4 Å². The highest BCUT2D eigenvalue weighted by Crippen LogP contribution is 2.21. The van der Waals surface area contributed by atoms with Gasteiger partial charge in [-0.05, 0) is 18.4 Å². The SMILES string of the molecule is c1ccc(CNc2cc(NCC3CCCO3)nc(-c3ccccc3)n2)cc1. The lowest BCUT2D eigenvalue weighted by Crippen LogP contribution is -2.19. The molecule has 0 aliphatic carbocycles. The third-order valence-electron chi connectivity index (χ3n) is 4.61. The average molecular weight is 360 g/mol. The highest BCUT2D eigenvalue weighted by Gasteiger charge is 2.15. The van der Waals surface area contributed by atoms with Crippen molar-refractivity contribution in [1.82, 2.24) is 9.97 Å². The summed E-state index contributed by atoms with van der Waals surface area (Å²) in [6.45, 7) is 2.34. The van der Waals surface area contributed by atoms with Crippen molar-refractivity contribution >= 4 is 11.6 Å². The van der Waals surface area contributed by atoms with Gasteiger partial charge in [0.05, 0.1) is 6.10 Å². The van der Waals surface area contributed by atoms with Crippen molar-refractivity contribution in [3.8, 4) is 11.4 Å². The molecule has 5 heteroatoms. The van der Waals surface area contributed by atoms with E-state index in [1.807, 2.05) is 54.6 Å². The van der Waals surface area contributed by atoms with Crippen molar-refractivity contribution in [2.45, 2.75) is 25.5 Å². The van der Waals surface area contributed by atoms with Crippen molar-refractivity contribution in [3.63, 3.8) is 0 Å². The van der Waals surface area contributed by atoms with Crippen LogP contribution in [-0.4, -0.2) is 29.2 Å². The molecule has 0 amide bonds. The largest absolute Gasteiger partial charge is 0.376 e. The Morgan fingerprint density at radius 2 is 1.59 bits per heavy atom. The Labute approximate surface area is 159 Å². The maximum absolute atomic E-state index is 5.70. The smallest absolute Gasteiger partial charge is 0.163 e. The van der Waals surface area contributed by atoms with E-state index in [2.05, 4.69) is 22.8 Å². The Morgan fingerprint density at radius 1 is 0.889 bits per heavy atom. The van der Waals surface area contributed by atoms with Gasteiger partial charge in [-0.1, -0.05) is 60.7 Å². The fraction of sp³-hybridized carbons (Fsp3) is 0.273. The van der Waals surface area contributed by atoms with Crippen molar-refractivity contribution < 1.29 is 4.74 Å².